The Morgan fingerprint density at radius 3 is 1.79 bits per heavy atom. The van der Waals surface area contributed by atoms with Crippen molar-refractivity contribution in [3.8, 4) is 23.0 Å². The summed E-state index contributed by atoms with van der Waals surface area (Å²) >= 11 is 6.84. The summed E-state index contributed by atoms with van der Waals surface area (Å²) in [5, 5.41) is 10.3. The van der Waals surface area contributed by atoms with Crippen molar-refractivity contribution in [2.75, 3.05) is 12.7 Å². The van der Waals surface area contributed by atoms with Crippen LogP contribution in [0.5, 0.6) is 23.0 Å². The van der Waals surface area contributed by atoms with Gasteiger partial charge in [0.1, 0.15) is 52.9 Å². The molecule has 2 aliphatic rings. The number of fused-ring (bicyclic) bond motifs is 2. The zero-order valence-electron chi connectivity index (χ0n) is 23.0. The molecule has 210 valence electrons. The van der Waals surface area contributed by atoms with Gasteiger partial charge >= 0.3 is 0 Å². The molecule has 2 aliphatic heterocycles. The second kappa shape index (κ2) is 10.9. The minimum absolute atomic E-state index is 0.0639. The van der Waals surface area contributed by atoms with Crippen LogP contribution in [0.4, 0.5) is 0 Å². The highest BCUT2D eigenvalue weighted by Crippen LogP contribution is 2.65. The Balaban J connectivity index is 0.000000193. The zero-order valence-corrected chi connectivity index (χ0v) is 27.9. The topological polar surface area (TPSA) is 82.1 Å². The molecule has 1 N–H and O–H groups in total. The standard InChI is InChI=1S/C18H20BrO3P.C11H14BrO3P/c1-18(2,3)23(20)12-22-16-14(19)9-10-15(17(16)23)21-11-13-7-5-4-6-8-13;1-11(2,3)16(14)6-15-9-7(12)4-5-8(13)10(9)16/h4-10H,11-12H2,1-3H3;4-5,13H,6H2,1-3H3/t23-;16-/m11/s1. The van der Waals surface area contributed by atoms with Crippen LogP contribution in [-0.2, 0) is 15.7 Å². The second-order valence-corrected chi connectivity index (χ2v) is 20.4. The molecular formula is C29H34Br2O6P2. The molecule has 0 radical (unpaired) electrons. The van der Waals surface area contributed by atoms with Gasteiger partial charge in [0.2, 0.25) is 0 Å². The smallest absolute Gasteiger partial charge is 0.163 e. The third-order valence-corrected chi connectivity index (χ3v) is 15.9. The quantitative estimate of drug-likeness (QED) is 0.276. The Labute approximate surface area is 247 Å². The van der Waals surface area contributed by atoms with Crippen molar-refractivity contribution < 1.29 is 28.4 Å². The summed E-state index contributed by atoms with van der Waals surface area (Å²) in [6.07, 6.45) is 0.401. The summed E-state index contributed by atoms with van der Waals surface area (Å²) < 4.78 is 45.4. The minimum Gasteiger partial charge on any atom is -0.507 e. The van der Waals surface area contributed by atoms with E-state index in [9.17, 15) is 14.2 Å². The van der Waals surface area contributed by atoms with Gasteiger partial charge in [-0.2, -0.15) is 0 Å². The Morgan fingerprint density at radius 1 is 0.769 bits per heavy atom. The van der Waals surface area contributed by atoms with E-state index in [0.717, 1.165) is 19.8 Å². The van der Waals surface area contributed by atoms with Gasteiger partial charge in [-0.15, -0.1) is 0 Å². The van der Waals surface area contributed by atoms with E-state index in [2.05, 4.69) is 31.9 Å². The van der Waals surface area contributed by atoms with Gasteiger partial charge < -0.3 is 28.4 Å². The monoisotopic (exact) mass is 698 g/mol. The molecule has 2 atom stereocenters. The highest BCUT2D eigenvalue weighted by atomic mass is 79.9. The number of phenols is 1. The van der Waals surface area contributed by atoms with Crippen LogP contribution >= 0.6 is 46.1 Å². The molecular weight excluding hydrogens is 666 g/mol. The van der Waals surface area contributed by atoms with E-state index in [1.807, 2.05) is 84.0 Å². The van der Waals surface area contributed by atoms with E-state index in [1.165, 1.54) is 0 Å². The fraction of sp³-hybridized carbons (Fsp3) is 0.379. The van der Waals surface area contributed by atoms with Crippen LogP contribution in [-0.4, -0.2) is 28.1 Å². The lowest BCUT2D eigenvalue weighted by Crippen LogP contribution is -2.23. The van der Waals surface area contributed by atoms with Crippen LogP contribution in [0.3, 0.4) is 0 Å². The molecule has 0 unspecified atom stereocenters. The highest BCUT2D eigenvalue weighted by molar-refractivity contribution is 9.11. The SMILES string of the molecule is CC(C)(C)[P@@]1(=O)COc2c(Br)ccc(O)c21.CC(C)(C)[P@@]1(=O)COc2c(Br)ccc(OCc3ccccc3)c21. The van der Waals surface area contributed by atoms with Crippen LogP contribution in [0.1, 0.15) is 47.1 Å². The third kappa shape index (κ3) is 5.60. The highest BCUT2D eigenvalue weighted by Gasteiger charge is 2.49. The summed E-state index contributed by atoms with van der Waals surface area (Å²) in [6.45, 7) is 12.2. The number of benzene rings is 3. The van der Waals surface area contributed by atoms with Crippen molar-refractivity contribution in [3.05, 3.63) is 69.1 Å². The number of hydrogen-bond acceptors (Lipinski definition) is 6. The fourth-order valence-corrected chi connectivity index (χ4v) is 10.5. The lowest BCUT2D eigenvalue weighted by atomic mass is 10.2. The van der Waals surface area contributed by atoms with E-state index < -0.39 is 19.4 Å². The number of phenolic OH excluding ortho intramolecular Hbond substituents is 1. The zero-order chi connectivity index (χ0) is 28.8. The molecule has 0 spiro atoms. The predicted octanol–water partition coefficient (Wildman–Crippen LogP) is 8.46. The molecule has 10 heteroatoms. The molecule has 39 heavy (non-hydrogen) atoms. The largest absolute Gasteiger partial charge is 0.507 e. The average molecular weight is 700 g/mol. The molecule has 6 nitrogen and oxygen atoms in total. The van der Waals surface area contributed by atoms with E-state index in [-0.39, 0.29) is 23.6 Å². The molecule has 0 bridgehead atoms. The van der Waals surface area contributed by atoms with Crippen molar-refractivity contribution in [1.82, 2.24) is 0 Å². The first-order valence-corrected chi connectivity index (χ1v) is 17.9. The Bertz CT molecular complexity index is 1480. The van der Waals surface area contributed by atoms with E-state index in [0.29, 0.717) is 29.2 Å². The summed E-state index contributed by atoms with van der Waals surface area (Å²) in [5.74, 6) is 1.91. The molecule has 0 aliphatic carbocycles. The van der Waals surface area contributed by atoms with Gasteiger partial charge in [-0.1, -0.05) is 71.9 Å². The van der Waals surface area contributed by atoms with Gasteiger partial charge in [0, 0.05) is 10.3 Å². The van der Waals surface area contributed by atoms with Gasteiger partial charge in [0.25, 0.3) is 0 Å². The molecule has 0 amide bonds. The maximum atomic E-state index is 13.6. The summed E-state index contributed by atoms with van der Waals surface area (Å²) in [4.78, 5) is 0. The summed E-state index contributed by atoms with van der Waals surface area (Å²) in [7, 11) is -5.42. The summed E-state index contributed by atoms with van der Waals surface area (Å²) in [5.41, 5.74) is 1.08. The number of ether oxygens (including phenoxy) is 3. The lowest BCUT2D eigenvalue weighted by molar-refractivity contribution is 0.307. The van der Waals surface area contributed by atoms with Crippen molar-refractivity contribution in [1.29, 1.82) is 0 Å². The van der Waals surface area contributed by atoms with Gasteiger partial charge in [0.15, 0.2) is 14.3 Å². The number of aromatic hydroxyl groups is 1. The Hall–Kier alpha value is -1.72. The predicted molar refractivity (Wildman–Crippen MR) is 166 cm³/mol. The Morgan fingerprint density at radius 2 is 1.26 bits per heavy atom. The first kappa shape index (κ1) is 30.2. The van der Waals surface area contributed by atoms with Crippen LogP contribution in [0, 0.1) is 0 Å². The average Bonchev–Trinajstić information content (AvgIpc) is 3.43. The second-order valence-electron chi connectivity index (χ2n) is 11.6. The third-order valence-electron chi connectivity index (χ3n) is 7.02. The number of hydrogen-bond donors (Lipinski definition) is 1. The van der Waals surface area contributed by atoms with E-state index in [4.69, 9.17) is 14.2 Å². The maximum absolute atomic E-state index is 13.6. The summed E-state index contributed by atoms with van der Waals surface area (Å²) in [6, 6.07) is 17.0. The molecule has 0 aromatic heterocycles. The minimum atomic E-state index is -2.71. The maximum Gasteiger partial charge on any atom is 0.163 e. The molecule has 2 heterocycles. The van der Waals surface area contributed by atoms with Gasteiger partial charge in [-0.05, 0) is 61.7 Å². The Kier molecular flexibility index (Phi) is 8.47. The van der Waals surface area contributed by atoms with Crippen LogP contribution in [0.25, 0.3) is 0 Å². The molecule has 0 saturated heterocycles. The van der Waals surface area contributed by atoms with Gasteiger partial charge in [-0.3, -0.25) is 0 Å². The van der Waals surface area contributed by atoms with Crippen molar-refractivity contribution in [2.24, 2.45) is 0 Å². The molecule has 0 saturated carbocycles. The number of halogens is 2. The van der Waals surface area contributed by atoms with Crippen molar-refractivity contribution >= 4 is 56.8 Å². The first-order chi connectivity index (χ1) is 18.1. The van der Waals surface area contributed by atoms with Crippen LogP contribution in [0.15, 0.2) is 63.5 Å². The number of rotatable bonds is 3. The molecule has 3 aromatic rings. The molecule has 5 rings (SSSR count). The molecule has 0 fully saturated rings. The normalized spacial score (nSPS) is 21.6. The van der Waals surface area contributed by atoms with E-state index >= 15 is 0 Å². The first-order valence-electron chi connectivity index (χ1n) is 12.6. The van der Waals surface area contributed by atoms with E-state index in [1.54, 1.807) is 12.1 Å². The van der Waals surface area contributed by atoms with Gasteiger partial charge in [-0.25, -0.2) is 0 Å². The van der Waals surface area contributed by atoms with Crippen molar-refractivity contribution in [3.63, 3.8) is 0 Å². The molecule has 3 aromatic carbocycles. The lowest BCUT2D eigenvalue weighted by Gasteiger charge is -2.27. The van der Waals surface area contributed by atoms with Crippen LogP contribution in [0.2, 0.25) is 0 Å². The van der Waals surface area contributed by atoms with Crippen molar-refractivity contribution in [2.45, 2.75) is 58.5 Å². The van der Waals surface area contributed by atoms with Crippen LogP contribution < -0.4 is 24.8 Å². The fourth-order valence-electron chi connectivity index (χ4n) is 4.38. The van der Waals surface area contributed by atoms with Gasteiger partial charge in [0.05, 0.1) is 8.95 Å².